The van der Waals surface area contributed by atoms with Gasteiger partial charge >= 0.3 is 0 Å². The highest BCUT2D eigenvalue weighted by Crippen LogP contribution is 2.44. The second-order valence-electron chi connectivity index (χ2n) is 12.7. The molecule has 0 aliphatic heterocycles. The number of furan rings is 1. The first kappa shape index (κ1) is 27.1. The Balaban J connectivity index is 1.55. The topological polar surface area (TPSA) is 43.9 Å². The number of pyridine rings is 1. The maximum absolute atomic E-state index is 6.58. The number of aromatic nitrogens is 3. The summed E-state index contributed by atoms with van der Waals surface area (Å²) in [6, 6.07) is 42.7. The van der Waals surface area contributed by atoms with Gasteiger partial charge < -0.3 is 4.42 Å². The fourth-order valence-electron chi connectivity index (χ4n) is 6.46. The first-order valence-electron chi connectivity index (χ1n) is 15.4. The minimum absolute atomic E-state index is 0.0607. The molecule has 3 aromatic heterocycles. The molecular weight excluding hydrogens is 550 g/mol. The van der Waals surface area contributed by atoms with E-state index in [-0.39, 0.29) is 5.41 Å². The quantitative estimate of drug-likeness (QED) is 0.207. The summed E-state index contributed by atoms with van der Waals surface area (Å²) in [5.74, 6) is 0.818. The molecule has 4 heteroatoms. The average molecular weight is 584 g/mol. The van der Waals surface area contributed by atoms with Gasteiger partial charge in [-0.15, -0.1) is 0 Å². The lowest BCUT2D eigenvalue weighted by molar-refractivity contribution is 0.590. The predicted octanol–water partition coefficient (Wildman–Crippen LogP) is 10.9. The molecule has 45 heavy (non-hydrogen) atoms. The number of para-hydroxylation sites is 2. The number of aryl methyl sites for hydroxylation is 1. The third-order valence-corrected chi connectivity index (χ3v) is 8.76. The van der Waals surface area contributed by atoms with E-state index >= 15 is 0 Å². The van der Waals surface area contributed by atoms with E-state index in [2.05, 4.69) is 135 Å². The van der Waals surface area contributed by atoms with Crippen LogP contribution in [0.3, 0.4) is 0 Å². The van der Waals surface area contributed by atoms with Crippen LogP contribution in [0.4, 0.5) is 0 Å². The van der Waals surface area contributed by atoms with Crippen molar-refractivity contribution in [2.45, 2.75) is 33.1 Å². The van der Waals surface area contributed by atoms with Crippen LogP contribution >= 0.6 is 0 Å². The number of imidazole rings is 1. The molecule has 0 amide bonds. The predicted molar refractivity (Wildman–Crippen MR) is 186 cm³/mol. The van der Waals surface area contributed by atoms with Gasteiger partial charge in [0.25, 0.3) is 0 Å². The molecule has 8 rings (SSSR count). The molecule has 4 nitrogen and oxygen atoms in total. The summed E-state index contributed by atoms with van der Waals surface area (Å²) >= 11 is 0. The lowest BCUT2D eigenvalue weighted by Gasteiger charge is -2.26. The summed E-state index contributed by atoms with van der Waals surface area (Å²) in [5.41, 5.74) is 13.3. The average Bonchev–Trinajstić information content (AvgIpc) is 3.64. The molecule has 8 aromatic rings. The third kappa shape index (κ3) is 4.44. The fourth-order valence-corrected chi connectivity index (χ4v) is 6.46. The van der Waals surface area contributed by atoms with Crippen LogP contribution in [0.15, 0.2) is 132 Å². The van der Waals surface area contributed by atoms with Gasteiger partial charge in [-0.1, -0.05) is 106 Å². The van der Waals surface area contributed by atoms with Crippen LogP contribution in [0.5, 0.6) is 0 Å². The molecule has 0 aliphatic carbocycles. The molecule has 0 spiro atoms. The number of hydrogen-bond donors (Lipinski definition) is 0. The van der Waals surface area contributed by atoms with Crippen molar-refractivity contribution < 1.29 is 4.42 Å². The van der Waals surface area contributed by atoms with Crippen molar-refractivity contribution in [2.75, 3.05) is 0 Å². The van der Waals surface area contributed by atoms with Crippen molar-refractivity contribution in [3.63, 3.8) is 0 Å². The molecule has 218 valence electrons. The highest BCUT2D eigenvalue weighted by atomic mass is 16.3. The van der Waals surface area contributed by atoms with Gasteiger partial charge in [-0.25, -0.2) is 4.98 Å². The number of hydrogen-bond acceptors (Lipinski definition) is 3. The monoisotopic (exact) mass is 583 g/mol. The minimum atomic E-state index is -0.0607. The molecule has 0 atom stereocenters. The Morgan fingerprint density at radius 2 is 1.31 bits per heavy atom. The maximum Gasteiger partial charge on any atom is 0.164 e. The fraction of sp³-hybridized carbons (Fsp3) is 0.122. The first-order valence-corrected chi connectivity index (χ1v) is 15.4. The van der Waals surface area contributed by atoms with E-state index in [0.717, 1.165) is 78.0 Å². The molecular formula is C41H33N3O. The van der Waals surface area contributed by atoms with Crippen LogP contribution in [-0.4, -0.2) is 14.5 Å². The van der Waals surface area contributed by atoms with Crippen molar-refractivity contribution in [2.24, 2.45) is 0 Å². The molecule has 5 aromatic carbocycles. The van der Waals surface area contributed by atoms with E-state index in [4.69, 9.17) is 14.4 Å². The summed E-state index contributed by atoms with van der Waals surface area (Å²) in [6.07, 6.45) is 1.88. The Morgan fingerprint density at radius 1 is 0.667 bits per heavy atom. The molecule has 0 fully saturated rings. The maximum atomic E-state index is 6.58. The van der Waals surface area contributed by atoms with Gasteiger partial charge in [0.15, 0.2) is 5.58 Å². The van der Waals surface area contributed by atoms with E-state index in [9.17, 15) is 0 Å². The second-order valence-corrected chi connectivity index (χ2v) is 12.7. The minimum Gasteiger partial charge on any atom is -0.454 e. The molecule has 0 saturated heterocycles. The molecule has 0 aliphatic rings. The van der Waals surface area contributed by atoms with Gasteiger partial charge in [-0.05, 0) is 71.0 Å². The Morgan fingerprint density at radius 3 is 1.98 bits per heavy atom. The first-order chi connectivity index (χ1) is 21.9. The number of benzene rings is 5. The zero-order chi connectivity index (χ0) is 30.7. The zero-order valence-corrected chi connectivity index (χ0v) is 25.9. The van der Waals surface area contributed by atoms with Crippen molar-refractivity contribution in [3.05, 3.63) is 139 Å². The second kappa shape index (κ2) is 10.3. The lowest BCUT2D eigenvalue weighted by atomic mass is 9.82. The van der Waals surface area contributed by atoms with Crippen LogP contribution in [0.2, 0.25) is 0 Å². The molecule has 0 saturated carbocycles. The van der Waals surface area contributed by atoms with Crippen LogP contribution in [0.25, 0.3) is 72.4 Å². The van der Waals surface area contributed by atoms with Gasteiger partial charge in [0, 0.05) is 22.7 Å². The van der Waals surface area contributed by atoms with E-state index < -0.39 is 0 Å². The van der Waals surface area contributed by atoms with E-state index in [1.165, 1.54) is 5.56 Å². The Labute approximate surface area is 262 Å². The highest BCUT2D eigenvalue weighted by molar-refractivity contribution is 6.09. The number of fused-ring (bicyclic) bond motifs is 4. The third-order valence-electron chi connectivity index (χ3n) is 8.76. The smallest absolute Gasteiger partial charge is 0.164 e. The van der Waals surface area contributed by atoms with Crippen LogP contribution in [0.1, 0.15) is 31.9 Å². The molecule has 0 unspecified atom stereocenters. The highest BCUT2D eigenvalue weighted by Gasteiger charge is 2.27. The summed E-state index contributed by atoms with van der Waals surface area (Å²) in [5, 5.41) is 1.04. The van der Waals surface area contributed by atoms with E-state index in [1.807, 2.05) is 24.4 Å². The lowest BCUT2D eigenvalue weighted by Crippen LogP contribution is -2.13. The Bertz CT molecular complexity index is 2300. The van der Waals surface area contributed by atoms with E-state index in [0.29, 0.717) is 0 Å². The van der Waals surface area contributed by atoms with Gasteiger partial charge in [-0.2, -0.15) is 0 Å². The van der Waals surface area contributed by atoms with Gasteiger partial charge in [0.2, 0.25) is 0 Å². The van der Waals surface area contributed by atoms with Gasteiger partial charge in [0.1, 0.15) is 16.9 Å². The molecule has 0 bridgehead atoms. The van der Waals surface area contributed by atoms with Gasteiger partial charge in [0.05, 0.1) is 22.3 Å². The summed E-state index contributed by atoms with van der Waals surface area (Å²) in [6.45, 7) is 8.94. The number of nitrogens with zero attached hydrogens (tertiary/aromatic N) is 3. The van der Waals surface area contributed by atoms with Crippen LogP contribution in [0, 0.1) is 6.92 Å². The van der Waals surface area contributed by atoms with Crippen molar-refractivity contribution in [3.8, 4) is 39.3 Å². The van der Waals surface area contributed by atoms with Crippen molar-refractivity contribution in [1.82, 2.24) is 14.5 Å². The Hall–Kier alpha value is -5.48. The zero-order valence-electron chi connectivity index (χ0n) is 25.9. The van der Waals surface area contributed by atoms with Gasteiger partial charge in [-0.3, -0.25) is 9.55 Å². The summed E-state index contributed by atoms with van der Waals surface area (Å²) < 4.78 is 8.92. The van der Waals surface area contributed by atoms with Crippen molar-refractivity contribution >= 4 is 33.1 Å². The Kier molecular flexibility index (Phi) is 6.21. The largest absolute Gasteiger partial charge is 0.454 e. The molecule has 3 heterocycles. The summed E-state index contributed by atoms with van der Waals surface area (Å²) in [7, 11) is 0. The normalized spacial score (nSPS) is 12.0. The SMILES string of the molecule is Cc1cccc2oc3c(-c4nc5ccccc5n4-c4c(-c5ccccc5)cc(C(C)(C)C)cc4-c4ccccc4)ccnc3c12. The standard InChI is InChI=1S/C41H33N3O/c1-26-14-13-21-35-36(26)37-39(45-35)30(22-23-42-37)40-43-33-19-11-12-20-34(33)44(40)38-31(27-15-7-5-8-16-27)24-29(41(2,3)4)25-32(38)28-17-9-6-10-18-28/h5-25H,1-4H3. The molecule has 0 radical (unpaired) electrons. The van der Waals surface area contributed by atoms with Crippen LogP contribution < -0.4 is 0 Å². The number of rotatable bonds is 4. The summed E-state index contributed by atoms with van der Waals surface area (Å²) in [4.78, 5) is 10.1. The molecule has 0 N–H and O–H groups in total. The van der Waals surface area contributed by atoms with Crippen LogP contribution in [-0.2, 0) is 5.41 Å². The van der Waals surface area contributed by atoms with E-state index in [1.54, 1.807) is 0 Å². The van der Waals surface area contributed by atoms with Crippen molar-refractivity contribution in [1.29, 1.82) is 0 Å².